The van der Waals surface area contributed by atoms with E-state index >= 15 is 0 Å². The lowest BCUT2D eigenvalue weighted by Gasteiger charge is -2.18. The molecular formula is C28H24N4O10S. The first-order valence-electron chi connectivity index (χ1n) is 12.3. The van der Waals surface area contributed by atoms with Gasteiger partial charge in [0.15, 0.2) is 5.36 Å². The zero-order valence-corrected chi connectivity index (χ0v) is 23.2. The number of nitrogen functional groups attached to an aromatic ring is 1. The van der Waals surface area contributed by atoms with E-state index in [1.54, 1.807) is 42.5 Å². The molecule has 0 saturated carbocycles. The number of carbonyl (C=O) groups excluding carboxylic acids is 4. The van der Waals surface area contributed by atoms with Crippen molar-refractivity contribution < 1.29 is 51.3 Å². The van der Waals surface area contributed by atoms with Gasteiger partial charge in [0.25, 0.3) is 17.7 Å². The molecular weight excluding hydrogens is 584 g/mol. The minimum atomic E-state index is -4.92. The number of nitrogens with two attached hydrogens (primary N) is 2. The summed E-state index contributed by atoms with van der Waals surface area (Å²) in [5, 5.41) is 9.87. The van der Waals surface area contributed by atoms with Gasteiger partial charge in [0.05, 0.1) is 18.7 Å². The fourth-order valence-corrected chi connectivity index (χ4v) is 4.43. The molecule has 3 aliphatic rings. The average molecular weight is 609 g/mol. The Morgan fingerprint density at radius 1 is 1.05 bits per heavy atom. The number of imide groups is 1. The van der Waals surface area contributed by atoms with E-state index in [2.05, 4.69) is 5.32 Å². The van der Waals surface area contributed by atoms with Crippen LogP contribution in [-0.4, -0.2) is 66.3 Å². The molecule has 0 saturated heterocycles. The maximum absolute atomic E-state index is 13.0. The van der Waals surface area contributed by atoms with E-state index in [9.17, 15) is 19.2 Å². The van der Waals surface area contributed by atoms with Gasteiger partial charge in [0.2, 0.25) is 10.4 Å². The second-order valence-corrected chi connectivity index (χ2v) is 9.94. The summed E-state index contributed by atoms with van der Waals surface area (Å²) < 4.78 is 43.9. The Hall–Kier alpha value is -5.38. The van der Waals surface area contributed by atoms with E-state index in [-0.39, 0.29) is 24.2 Å². The summed E-state index contributed by atoms with van der Waals surface area (Å²) >= 11 is 0. The SMILES string of the molecule is COC(=O)c1ccc(C(=O)NCCN2C(=O)C=CC2=O)cc1-c1c2ccc(=[NH2+])cc-2oc2cc(N)ccc12.O=S(=O)([O-])O. The molecule has 0 unspecified atom stereocenters. The van der Waals surface area contributed by atoms with E-state index < -0.39 is 34.1 Å². The van der Waals surface area contributed by atoms with Crippen molar-refractivity contribution in [3.63, 3.8) is 0 Å². The number of benzene rings is 3. The van der Waals surface area contributed by atoms with E-state index in [1.165, 1.54) is 31.4 Å². The zero-order chi connectivity index (χ0) is 31.5. The number of anilines is 1. The predicted molar refractivity (Wildman–Crippen MR) is 150 cm³/mol. The predicted octanol–water partition coefficient (Wildman–Crippen LogP) is -0.107. The lowest BCUT2D eigenvalue weighted by atomic mass is 9.89. The number of hydrogen-bond donors (Lipinski definition) is 4. The number of fused-ring (bicyclic) bond motifs is 2. The molecule has 0 aromatic heterocycles. The molecule has 3 amide bonds. The lowest BCUT2D eigenvalue weighted by Crippen LogP contribution is -2.44. The van der Waals surface area contributed by atoms with Crippen LogP contribution in [0.15, 0.2) is 71.2 Å². The fraction of sp³-hybridized carbons (Fsp3) is 0.107. The third-order valence-corrected chi connectivity index (χ3v) is 6.25. The summed E-state index contributed by atoms with van der Waals surface area (Å²) in [6.45, 7) is 0.0858. The topological polar surface area (TPSA) is 235 Å². The van der Waals surface area contributed by atoms with Gasteiger partial charge in [0.1, 0.15) is 11.3 Å². The molecule has 43 heavy (non-hydrogen) atoms. The second kappa shape index (κ2) is 12.2. The number of nitrogens with zero attached hydrogens (tertiary/aromatic N) is 1. The Bertz CT molecular complexity index is 1920. The van der Waals surface area contributed by atoms with Gasteiger partial charge in [-0.3, -0.25) is 29.2 Å². The summed E-state index contributed by atoms with van der Waals surface area (Å²) in [6.07, 6.45) is 2.37. The van der Waals surface area contributed by atoms with Gasteiger partial charge in [-0.1, -0.05) is 0 Å². The number of esters is 1. The van der Waals surface area contributed by atoms with Crippen molar-refractivity contribution in [2.75, 3.05) is 25.9 Å². The molecule has 6 N–H and O–H groups in total. The van der Waals surface area contributed by atoms with E-state index in [0.29, 0.717) is 44.5 Å². The van der Waals surface area contributed by atoms with Crippen LogP contribution in [0, 0.1) is 0 Å². The molecule has 15 heteroatoms. The molecule has 0 atom stereocenters. The molecule has 5 rings (SSSR count). The first kappa shape index (κ1) is 30.6. The highest BCUT2D eigenvalue weighted by molar-refractivity contribution is 7.79. The van der Waals surface area contributed by atoms with Crippen LogP contribution in [0.3, 0.4) is 0 Å². The van der Waals surface area contributed by atoms with Crippen molar-refractivity contribution in [1.29, 1.82) is 0 Å². The Morgan fingerprint density at radius 3 is 2.37 bits per heavy atom. The van der Waals surface area contributed by atoms with Crippen LogP contribution in [0.5, 0.6) is 0 Å². The molecule has 2 aliphatic heterocycles. The zero-order valence-electron chi connectivity index (χ0n) is 22.4. The average Bonchev–Trinajstić information content (AvgIpc) is 3.26. The third-order valence-electron chi connectivity index (χ3n) is 6.25. The van der Waals surface area contributed by atoms with Gasteiger partial charge < -0.3 is 24.8 Å². The van der Waals surface area contributed by atoms with Crippen LogP contribution in [0.4, 0.5) is 5.69 Å². The van der Waals surface area contributed by atoms with Crippen LogP contribution in [-0.2, 0) is 24.7 Å². The minimum Gasteiger partial charge on any atom is -0.726 e. The van der Waals surface area contributed by atoms with Crippen molar-refractivity contribution >= 4 is 50.7 Å². The number of rotatable bonds is 6. The quantitative estimate of drug-likeness (QED) is 0.0563. The largest absolute Gasteiger partial charge is 0.726 e. The molecule has 2 heterocycles. The monoisotopic (exact) mass is 608 g/mol. The second-order valence-electron chi connectivity index (χ2n) is 9.09. The highest BCUT2D eigenvalue weighted by Crippen LogP contribution is 2.42. The maximum atomic E-state index is 13.0. The van der Waals surface area contributed by atoms with Crippen LogP contribution in [0.2, 0.25) is 0 Å². The van der Waals surface area contributed by atoms with Crippen molar-refractivity contribution in [2.45, 2.75) is 0 Å². The molecule has 14 nitrogen and oxygen atoms in total. The fourth-order valence-electron chi connectivity index (χ4n) is 4.43. The van der Waals surface area contributed by atoms with Gasteiger partial charge in [0, 0.05) is 65.1 Å². The van der Waals surface area contributed by atoms with Gasteiger partial charge in [-0.05, 0) is 42.0 Å². The molecule has 0 bridgehead atoms. The Kier molecular flexibility index (Phi) is 8.70. The number of methoxy groups -OCH3 is 1. The molecule has 2 aromatic carbocycles. The van der Waals surface area contributed by atoms with Gasteiger partial charge in [-0.15, -0.1) is 0 Å². The van der Waals surface area contributed by atoms with Gasteiger partial charge >= 0.3 is 5.97 Å². The molecule has 0 spiro atoms. The number of amides is 3. The first-order chi connectivity index (χ1) is 20.3. The van der Waals surface area contributed by atoms with Gasteiger partial charge in [-0.25, -0.2) is 13.2 Å². The summed E-state index contributed by atoms with van der Waals surface area (Å²) in [6, 6.07) is 15.0. The number of carbonyl (C=O) groups is 4. The molecule has 1 aliphatic carbocycles. The standard InChI is InChI=1S/C28H22N4O6.H2O4S/c1-37-28(36)18-5-2-15(27(35)31-10-11-32-24(33)8-9-25(32)34)12-21(18)26-19-6-3-16(29)13-22(19)38-23-14-17(30)4-7-20(23)26;1-5(2,3)4/h2-9,12-14,29H,10-11,30H2,1H3,(H,31,35);(H2,1,2,3,4). The Morgan fingerprint density at radius 2 is 1.72 bits per heavy atom. The Balaban J connectivity index is 0.000000782. The van der Waals surface area contributed by atoms with Crippen molar-refractivity contribution in [3.8, 4) is 22.5 Å². The molecule has 0 fully saturated rings. The summed E-state index contributed by atoms with van der Waals surface area (Å²) in [4.78, 5) is 50.4. The summed E-state index contributed by atoms with van der Waals surface area (Å²) in [5.74, 6) is -1.42. The number of nitrogens with one attached hydrogen (secondary N) is 1. The van der Waals surface area contributed by atoms with E-state index in [4.69, 9.17) is 37.8 Å². The highest BCUT2D eigenvalue weighted by Gasteiger charge is 2.25. The normalized spacial score (nSPS) is 12.8. The van der Waals surface area contributed by atoms with Crippen LogP contribution >= 0.6 is 0 Å². The van der Waals surface area contributed by atoms with E-state index in [0.717, 1.165) is 4.90 Å². The third kappa shape index (κ3) is 7.10. The molecule has 2 aromatic rings. The smallest absolute Gasteiger partial charge is 0.338 e. The van der Waals surface area contributed by atoms with Crippen LogP contribution in [0.25, 0.3) is 33.4 Å². The number of ether oxygens (including phenoxy) is 1. The maximum Gasteiger partial charge on any atom is 0.338 e. The number of hydrogen-bond acceptors (Lipinski definition) is 10. The first-order valence-corrected chi connectivity index (χ1v) is 13.7. The highest BCUT2D eigenvalue weighted by atomic mass is 32.3. The van der Waals surface area contributed by atoms with E-state index in [1.807, 2.05) is 0 Å². The lowest BCUT2D eigenvalue weighted by molar-refractivity contribution is -0.172. The molecule has 0 radical (unpaired) electrons. The Labute approximate surface area is 243 Å². The van der Waals surface area contributed by atoms with Crippen molar-refractivity contribution in [1.82, 2.24) is 10.2 Å². The van der Waals surface area contributed by atoms with Crippen molar-refractivity contribution in [3.05, 3.63) is 83.2 Å². The van der Waals surface area contributed by atoms with Crippen molar-refractivity contribution in [2.24, 2.45) is 0 Å². The van der Waals surface area contributed by atoms with Gasteiger partial charge in [-0.2, -0.15) is 0 Å². The summed E-state index contributed by atoms with van der Waals surface area (Å²) in [7, 11) is -3.64. The molecule has 222 valence electrons. The minimum absolute atomic E-state index is 0.0296. The van der Waals surface area contributed by atoms with Crippen LogP contribution in [0.1, 0.15) is 20.7 Å². The van der Waals surface area contributed by atoms with Crippen LogP contribution < -0.4 is 21.8 Å². The summed E-state index contributed by atoms with van der Waals surface area (Å²) in [5.41, 5.74) is 9.20.